The van der Waals surface area contributed by atoms with E-state index in [9.17, 15) is 0 Å². The minimum atomic E-state index is 0.0394. The number of hydrogen-bond donors (Lipinski definition) is 1. The van der Waals surface area contributed by atoms with Crippen LogP contribution >= 0.6 is 0 Å². The van der Waals surface area contributed by atoms with Crippen molar-refractivity contribution in [2.45, 2.75) is 64.4 Å². The highest BCUT2D eigenvalue weighted by Gasteiger charge is 2.29. The van der Waals surface area contributed by atoms with E-state index in [-0.39, 0.29) is 18.2 Å². The first-order valence-electron chi connectivity index (χ1n) is 9.91. The number of fused-ring (bicyclic) bond motifs is 1. The van der Waals surface area contributed by atoms with Crippen LogP contribution in [0.2, 0.25) is 0 Å². The molecule has 3 heterocycles. The minimum absolute atomic E-state index is 0.0394. The Kier molecular flexibility index (Phi) is 5.36. The van der Waals surface area contributed by atoms with E-state index >= 15 is 0 Å². The molecule has 1 unspecified atom stereocenters. The summed E-state index contributed by atoms with van der Waals surface area (Å²) in [7, 11) is 1.72. The van der Waals surface area contributed by atoms with E-state index in [4.69, 9.17) is 14.2 Å². The summed E-state index contributed by atoms with van der Waals surface area (Å²) in [4.78, 5) is 0. The van der Waals surface area contributed by atoms with Gasteiger partial charge in [0.1, 0.15) is 23.7 Å². The van der Waals surface area contributed by atoms with Crippen LogP contribution < -0.4 is 14.8 Å². The molecule has 6 heteroatoms. The standard InChI is InChI=1S/C21H29N3O3/c1-4-24-13-17(12-23-24)21-19(6-5-7-26-21)22-11-16-10-18(25-3)9-15-8-14(2)27-20(15)16/h9-10,12-14,19,21-22H,4-8,11H2,1-3H3/t14?,19-,21+/m0/s1. The molecule has 2 aliphatic heterocycles. The number of hydrogen-bond acceptors (Lipinski definition) is 5. The quantitative estimate of drug-likeness (QED) is 0.845. The van der Waals surface area contributed by atoms with Crippen molar-refractivity contribution in [2.75, 3.05) is 13.7 Å². The lowest BCUT2D eigenvalue weighted by Gasteiger charge is -2.32. The van der Waals surface area contributed by atoms with E-state index in [0.29, 0.717) is 0 Å². The van der Waals surface area contributed by atoms with Crippen LogP contribution in [0.3, 0.4) is 0 Å². The summed E-state index contributed by atoms with van der Waals surface area (Å²) in [6.45, 7) is 6.61. The average molecular weight is 371 g/mol. The first-order valence-corrected chi connectivity index (χ1v) is 9.91. The van der Waals surface area contributed by atoms with Gasteiger partial charge in [-0.2, -0.15) is 5.10 Å². The van der Waals surface area contributed by atoms with E-state index < -0.39 is 0 Å². The SMILES string of the molecule is CCn1cc([C@H]2OCCC[C@@H]2NCc2cc(OC)cc3c2OC(C)C3)cn1. The molecular weight excluding hydrogens is 342 g/mol. The fourth-order valence-electron chi connectivity index (χ4n) is 4.09. The maximum Gasteiger partial charge on any atom is 0.127 e. The van der Waals surface area contributed by atoms with Gasteiger partial charge in [0.15, 0.2) is 0 Å². The number of rotatable bonds is 6. The van der Waals surface area contributed by atoms with Crippen LogP contribution in [0.4, 0.5) is 0 Å². The number of methoxy groups -OCH3 is 1. The maximum atomic E-state index is 6.11. The molecule has 1 aromatic carbocycles. The maximum absolute atomic E-state index is 6.11. The fraction of sp³-hybridized carbons (Fsp3) is 0.571. The summed E-state index contributed by atoms with van der Waals surface area (Å²) >= 11 is 0. The predicted octanol–water partition coefficient (Wildman–Crippen LogP) is 3.24. The van der Waals surface area contributed by atoms with Crippen molar-refractivity contribution >= 4 is 0 Å². The second-order valence-corrected chi connectivity index (χ2v) is 7.46. The zero-order chi connectivity index (χ0) is 18.8. The van der Waals surface area contributed by atoms with Crippen LogP contribution in [0.1, 0.15) is 49.5 Å². The van der Waals surface area contributed by atoms with E-state index in [1.165, 1.54) is 5.56 Å². The molecule has 146 valence electrons. The van der Waals surface area contributed by atoms with Gasteiger partial charge in [-0.15, -0.1) is 0 Å². The van der Waals surface area contributed by atoms with Crippen LogP contribution in [0.5, 0.6) is 11.5 Å². The summed E-state index contributed by atoms with van der Waals surface area (Å²) in [5.74, 6) is 1.91. The molecule has 2 aromatic rings. The normalized spacial score (nSPS) is 24.5. The molecule has 27 heavy (non-hydrogen) atoms. The van der Waals surface area contributed by atoms with Crippen LogP contribution in [0, 0.1) is 0 Å². The van der Waals surface area contributed by atoms with Gasteiger partial charge in [0.2, 0.25) is 0 Å². The summed E-state index contributed by atoms with van der Waals surface area (Å²) in [5, 5.41) is 8.13. The molecule has 1 fully saturated rings. The summed E-state index contributed by atoms with van der Waals surface area (Å²) in [6.07, 6.45) is 7.38. The van der Waals surface area contributed by atoms with Crippen LogP contribution in [-0.4, -0.2) is 35.6 Å². The number of aromatic nitrogens is 2. The molecule has 6 nitrogen and oxygen atoms in total. The molecule has 3 atom stereocenters. The molecule has 0 aliphatic carbocycles. The zero-order valence-electron chi connectivity index (χ0n) is 16.4. The zero-order valence-corrected chi connectivity index (χ0v) is 16.4. The van der Waals surface area contributed by atoms with E-state index in [0.717, 1.165) is 61.6 Å². The van der Waals surface area contributed by atoms with Crippen molar-refractivity contribution in [3.05, 3.63) is 41.2 Å². The molecular formula is C21H29N3O3. The lowest BCUT2D eigenvalue weighted by molar-refractivity contribution is -0.0113. The van der Waals surface area contributed by atoms with Gasteiger partial charge in [0.25, 0.3) is 0 Å². The Balaban J connectivity index is 1.51. The molecule has 0 radical (unpaired) electrons. The smallest absolute Gasteiger partial charge is 0.127 e. The van der Waals surface area contributed by atoms with Gasteiger partial charge in [-0.05, 0) is 38.8 Å². The largest absolute Gasteiger partial charge is 0.497 e. The molecule has 0 saturated carbocycles. The van der Waals surface area contributed by atoms with Crippen molar-refractivity contribution < 1.29 is 14.2 Å². The Bertz CT molecular complexity index is 789. The molecule has 4 rings (SSSR count). The third kappa shape index (κ3) is 3.82. The highest BCUT2D eigenvalue weighted by molar-refractivity contribution is 5.49. The second kappa shape index (κ2) is 7.90. The van der Waals surface area contributed by atoms with Gasteiger partial charge in [-0.25, -0.2) is 0 Å². The molecule has 0 bridgehead atoms. The number of aryl methyl sites for hydroxylation is 1. The van der Waals surface area contributed by atoms with E-state index in [1.807, 2.05) is 10.9 Å². The molecule has 0 spiro atoms. The van der Waals surface area contributed by atoms with Gasteiger partial charge in [0, 0.05) is 55.0 Å². The monoisotopic (exact) mass is 371 g/mol. The molecule has 0 amide bonds. The molecule has 1 aromatic heterocycles. The number of ether oxygens (including phenoxy) is 3. The Morgan fingerprint density at radius 1 is 1.37 bits per heavy atom. The van der Waals surface area contributed by atoms with Gasteiger partial charge in [-0.1, -0.05) is 0 Å². The Labute approximate surface area is 160 Å². The number of benzene rings is 1. The first-order chi connectivity index (χ1) is 13.2. The van der Waals surface area contributed by atoms with Gasteiger partial charge >= 0.3 is 0 Å². The lowest BCUT2D eigenvalue weighted by atomic mass is 9.97. The second-order valence-electron chi connectivity index (χ2n) is 7.46. The molecule has 1 saturated heterocycles. The van der Waals surface area contributed by atoms with Crippen molar-refractivity contribution in [3.8, 4) is 11.5 Å². The van der Waals surface area contributed by atoms with Crippen molar-refractivity contribution in [1.29, 1.82) is 0 Å². The lowest BCUT2D eigenvalue weighted by Crippen LogP contribution is -2.39. The fourth-order valence-corrected chi connectivity index (χ4v) is 4.09. The van der Waals surface area contributed by atoms with Crippen molar-refractivity contribution in [1.82, 2.24) is 15.1 Å². The third-order valence-electron chi connectivity index (χ3n) is 5.46. The summed E-state index contributed by atoms with van der Waals surface area (Å²) in [5.41, 5.74) is 3.54. The Hall–Kier alpha value is -2.05. The van der Waals surface area contributed by atoms with E-state index in [1.54, 1.807) is 7.11 Å². The summed E-state index contributed by atoms with van der Waals surface area (Å²) in [6, 6.07) is 4.43. The Morgan fingerprint density at radius 3 is 3.04 bits per heavy atom. The van der Waals surface area contributed by atoms with Crippen molar-refractivity contribution in [3.63, 3.8) is 0 Å². The van der Waals surface area contributed by atoms with Gasteiger partial charge in [0.05, 0.1) is 13.3 Å². The van der Waals surface area contributed by atoms with Crippen LogP contribution in [0.15, 0.2) is 24.5 Å². The topological polar surface area (TPSA) is 57.5 Å². The molecule has 1 N–H and O–H groups in total. The van der Waals surface area contributed by atoms with Gasteiger partial charge in [-0.3, -0.25) is 4.68 Å². The average Bonchev–Trinajstić information content (AvgIpc) is 3.31. The highest BCUT2D eigenvalue weighted by atomic mass is 16.5. The van der Waals surface area contributed by atoms with Crippen LogP contribution in [0.25, 0.3) is 0 Å². The van der Waals surface area contributed by atoms with E-state index in [2.05, 4.69) is 42.6 Å². The summed E-state index contributed by atoms with van der Waals surface area (Å²) < 4.78 is 19.6. The number of nitrogens with one attached hydrogen (secondary N) is 1. The predicted molar refractivity (Wildman–Crippen MR) is 103 cm³/mol. The Morgan fingerprint density at radius 2 is 2.26 bits per heavy atom. The molecule has 2 aliphatic rings. The minimum Gasteiger partial charge on any atom is -0.497 e. The van der Waals surface area contributed by atoms with Crippen molar-refractivity contribution in [2.24, 2.45) is 0 Å². The highest BCUT2D eigenvalue weighted by Crippen LogP contribution is 2.37. The first kappa shape index (κ1) is 18.3. The van der Waals surface area contributed by atoms with Gasteiger partial charge < -0.3 is 19.5 Å². The third-order valence-corrected chi connectivity index (χ3v) is 5.46. The number of nitrogens with zero attached hydrogens (tertiary/aromatic N) is 2. The van der Waals surface area contributed by atoms with Crippen LogP contribution in [-0.2, 0) is 24.2 Å².